The van der Waals surface area contributed by atoms with Crippen molar-refractivity contribution in [3.63, 3.8) is 0 Å². The average Bonchev–Trinajstić information content (AvgIpc) is 3.41. The lowest BCUT2D eigenvalue weighted by Crippen LogP contribution is -2.57. The van der Waals surface area contributed by atoms with Crippen LogP contribution in [0.5, 0.6) is 0 Å². The molecule has 12 atom stereocenters. The van der Waals surface area contributed by atoms with E-state index in [0.29, 0.717) is 45.0 Å². The van der Waals surface area contributed by atoms with E-state index in [1.54, 1.807) is 0 Å². The van der Waals surface area contributed by atoms with Gasteiger partial charge in [-0.3, -0.25) is 4.79 Å². The summed E-state index contributed by atoms with van der Waals surface area (Å²) in [6.45, 7) is 18.0. The van der Waals surface area contributed by atoms with Crippen LogP contribution in [-0.2, 0) is 14.3 Å². The normalized spacial score (nSPS) is 50.8. The summed E-state index contributed by atoms with van der Waals surface area (Å²) in [4.78, 5) is 24.9. The summed E-state index contributed by atoms with van der Waals surface area (Å²) < 4.78 is 5.28. The molecule has 0 radical (unpaired) electrons. The Morgan fingerprint density at radius 2 is 1.66 bits per heavy atom. The van der Waals surface area contributed by atoms with Gasteiger partial charge in [-0.05, 0) is 122 Å². The Labute approximate surface area is 248 Å². The number of aliphatic hydroxyl groups is 1. The number of cyclic esters (lactones) is 1. The number of carbonyl (C=O) groups excluding carboxylic acids is 2. The second-order valence-electron chi connectivity index (χ2n) is 16.6. The second-order valence-corrected chi connectivity index (χ2v) is 16.6. The van der Waals surface area contributed by atoms with Crippen molar-refractivity contribution in [2.75, 3.05) is 0 Å². The van der Waals surface area contributed by atoms with E-state index in [1.165, 1.54) is 51.4 Å². The Kier molecular flexibility index (Phi) is 6.78. The van der Waals surface area contributed by atoms with Gasteiger partial charge in [-0.15, -0.1) is 0 Å². The first kappa shape index (κ1) is 29.5. The number of hydrogen-bond donors (Lipinski definition) is 2. The summed E-state index contributed by atoms with van der Waals surface area (Å²) in [5.41, 5.74) is 2.38. The lowest BCUT2D eigenvalue weighted by molar-refractivity contribution is -0.160. The molecule has 1 aliphatic heterocycles. The molecule has 0 aromatic rings. The lowest BCUT2D eigenvalue weighted by Gasteiger charge is -2.63. The molecule has 5 saturated carbocycles. The molecule has 6 rings (SSSR count). The highest BCUT2D eigenvalue weighted by Crippen LogP contribution is 2.89. The average molecular weight is 566 g/mol. The summed E-state index contributed by atoms with van der Waals surface area (Å²) in [5, 5.41) is 13.8. The summed E-state index contributed by atoms with van der Waals surface area (Å²) in [6.07, 6.45) is 17.6. The molecule has 41 heavy (non-hydrogen) atoms. The number of esters is 1. The monoisotopic (exact) mass is 565 g/mol. The van der Waals surface area contributed by atoms with E-state index in [9.17, 15) is 14.7 Å². The predicted molar refractivity (Wildman–Crippen MR) is 162 cm³/mol. The van der Waals surface area contributed by atoms with Crippen molar-refractivity contribution in [3.8, 4) is 0 Å². The molecule has 228 valence electrons. The van der Waals surface area contributed by atoms with Gasteiger partial charge in [0, 0.05) is 11.5 Å². The quantitative estimate of drug-likeness (QED) is 0.214. The summed E-state index contributed by atoms with van der Waals surface area (Å²) >= 11 is 0. The number of carbonyl (C=O) groups is 2. The lowest BCUT2D eigenvalue weighted by atomic mass is 9.42. The zero-order chi connectivity index (χ0) is 29.8. The molecule has 5 heteroatoms. The van der Waals surface area contributed by atoms with E-state index in [4.69, 9.17) is 4.74 Å². The van der Waals surface area contributed by atoms with Gasteiger partial charge in [-0.1, -0.05) is 59.8 Å². The Morgan fingerprint density at radius 1 is 0.976 bits per heavy atom. The number of rotatable bonds is 5. The molecule has 2 N–H and O–H groups in total. The maximum absolute atomic E-state index is 12.8. The fraction of sp³-hybridized carbons (Fsp3) is 0.833. The fourth-order valence-electron chi connectivity index (χ4n) is 12.1. The van der Waals surface area contributed by atoms with Crippen LogP contribution >= 0.6 is 0 Å². The maximum Gasteiger partial charge on any atom is 0.329 e. The van der Waals surface area contributed by atoms with Gasteiger partial charge in [0.2, 0.25) is 5.91 Å². The number of hydrogen-bond acceptors (Lipinski definition) is 4. The van der Waals surface area contributed by atoms with Gasteiger partial charge < -0.3 is 15.2 Å². The van der Waals surface area contributed by atoms with Crippen molar-refractivity contribution in [2.45, 2.75) is 131 Å². The topological polar surface area (TPSA) is 75.6 Å². The highest BCUT2D eigenvalue weighted by molar-refractivity contribution is 5.96. The first-order valence-corrected chi connectivity index (χ1v) is 16.7. The molecule has 6 aliphatic rings. The zero-order valence-corrected chi connectivity index (χ0v) is 26.9. The Morgan fingerprint density at radius 3 is 2.34 bits per heavy atom. The highest BCUT2D eigenvalue weighted by atomic mass is 16.6. The van der Waals surface area contributed by atoms with E-state index in [0.717, 1.165) is 12.3 Å². The number of nitrogens with one attached hydrogen (secondary N) is 1. The van der Waals surface area contributed by atoms with E-state index in [-0.39, 0.29) is 35.4 Å². The number of amides is 1. The standard InChI is InChI=1S/C36H55NO4/c1-21(10-9-11-22(2)30(39)37-29-23(3)24(4)41-31(29)40)25-14-16-34(8)27-13-12-26-32(5,6)28(38)15-17-35(26)20-36(27,35)19-18-33(25,34)7/h9-11,21,23-29,38H,12-20H2,1-8H3,(H,37,39)/b10-9+,22-11+/t21-,23+,24-,25-,26-,27-,28+,29+,33-,34+,35-,36+/m1/s1. The van der Waals surface area contributed by atoms with Gasteiger partial charge in [0.05, 0.1) is 6.10 Å². The molecule has 0 bridgehead atoms. The van der Waals surface area contributed by atoms with Crippen LogP contribution in [-0.4, -0.2) is 35.2 Å². The molecule has 0 unspecified atom stereocenters. The van der Waals surface area contributed by atoms with E-state index in [2.05, 4.69) is 52.1 Å². The van der Waals surface area contributed by atoms with Crippen LogP contribution in [0.15, 0.2) is 23.8 Å². The molecular formula is C36H55NO4. The van der Waals surface area contributed by atoms with Gasteiger partial charge >= 0.3 is 5.97 Å². The second kappa shape index (κ2) is 9.44. The van der Waals surface area contributed by atoms with Crippen LogP contribution in [0.1, 0.15) is 113 Å². The van der Waals surface area contributed by atoms with Gasteiger partial charge in [-0.25, -0.2) is 4.79 Å². The van der Waals surface area contributed by atoms with Crippen molar-refractivity contribution in [1.29, 1.82) is 0 Å². The molecule has 5 nitrogen and oxygen atoms in total. The zero-order valence-electron chi connectivity index (χ0n) is 26.9. The van der Waals surface area contributed by atoms with Crippen molar-refractivity contribution >= 4 is 11.9 Å². The van der Waals surface area contributed by atoms with Gasteiger partial charge in [0.25, 0.3) is 0 Å². The Balaban J connectivity index is 1.14. The molecule has 2 spiro atoms. The highest BCUT2D eigenvalue weighted by Gasteiger charge is 2.82. The molecular weight excluding hydrogens is 510 g/mol. The van der Waals surface area contributed by atoms with Gasteiger partial charge in [-0.2, -0.15) is 0 Å². The van der Waals surface area contributed by atoms with Crippen LogP contribution < -0.4 is 5.32 Å². The summed E-state index contributed by atoms with van der Waals surface area (Å²) in [5.74, 6) is 2.03. The minimum Gasteiger partial charge on any atom is -0.461 e. The number of aliphatic hydroxyl groups excluding tert-OH is 1. The summed E-state index contributed by atoms with van der Waals surface area (Å²) in [7, 11) is 0. The summed E-state index contributed by atoms with van der Waals surface area (Å²) in [6, 6.07) is -0.570. The minimum atomic E-state index is -0.570. The third-order valence-electron chi connectivity index (χ3n) is 15.0. The smallest absolute Gasteiger partial charge is 0.329 e. The van der Waals surface area contributed by atoms with E-state index >= 15 is 0 Å². The maximum atomic E-state index is 12.8. The first-order valence-electron chi connectivity index (χ1n) is 16.7. The van der Waals surface area contributed by atoms with Crippen molar-refractivity contribution in [1.82, 2.24) is 5.32 Å². The molecule has 6 fully saturated rings. The Hall–Kier alpha value is -1.62. The fourth-order valence-corrected chi connectivity index (χ4v) is 12.1. The third kappa shape index (κ3) is 3.88. The molecule has 1 amide bonds. The van der Waals surface area contributed by atoms with Crippen LogP contribution in [0.2, 0.25) is 0 Å². The van der Waals surface area contributed by atoms with Crippen LogP contribution in [0.4, 0.5) is 0 Å². The number of fused-ring (bicyclic) bond motifs is 2. The van der Waals surface area contributed by atoms with Crippen LogP contribution in [0, 0.1) is 56.7 Å². The van der Waals surface area contributed by atoms with Crippen molar-refractivity contribution in [2.24, 2.45) is 56.7 Å². The van der Waals surface area contributed by atoms with E-state index < -0.39 is 6.04 Å². The minimum absolute atomic E-state index is 0.0290. The molecule has 1 saturated heterocycles. The molecule has 1 heterocycles. The number of ether oxygens (including phenoxy) is 1. The van der Waals surface area contributed by atoms with Crippen LogP contribution in [0.3, 0.4) is 0 Å². The third-order valence-corrected chi connectivity index (χ3v) is 15.0. The SMILES string of the molecule is C/C(=C\C=C\[C@@H](C)[C@H]1CC[C@@]2(C)[C@H]3CC[C@@H]4C(C)(C)[C@@H](O)CC[C@@]45C[C@@]35CC[C@]12C)C(=O)N[C@@H]1C(=O)O[C@H](C)[C@@H]1C. The Bertz CT molecular complexity index is 1170. The first-order chi connectivity index (χ1) is 19.1. The van der Waals surface area contributed by atoms with Gasteiger partial charge in [0.15, 0.2) is 0 Å². The molecule has 5 aliphatic carbocycles. The van der Waals surface area contributed by atoms with Crippen molar-refractivity contribution < 1.29 is 19.4 Å². The predicted octanol–water partition coefficient (Wildman–Crippen LogP) is 6.99. The van der Waals surface area contributed by atoms with Gasteiger partial charge in [0.1, 0.15) is 12.1 Å². The van der Waals surface area contributed by atoms with E-state index in [1.807, 2.05) is 26.8 Å². The molecule has 0 aromatic heterocycles. The molecule has 0 aromatic carbocycles. The van der Waals surface area contributed by atoms with Crippen molar-refractivity contribution in [3.05, 3.63) is 23.8 Å². The van der Waals surface area contributed by atoms with Crippen LogP contribution in [0.25, 0.3) is 0 Å². The largest absolute Gasteiger partial charge is 0.461 e. The number of allylic oxidation sites excluding steroid dienone is 3.